The molecule has 29 heavy (non-hydrogen) atoms. The molecule has 0 atom stereocenters. The van der Waals surface area contributed by atoms with E-state index in [0.29, 0.717) is 5.56 Å². The second kappa shape index (κ2) is 19.7. The number of hydrogen-bond donors (Lipinski definition) is 1. The average molecular weight is 506 g/mol. The van der Waals surface area contributed by atoms with E-state index in [2.05, 4.69) is 66.0 Å². The van der Waals surface area contributed by atoms with Crippen molar-refractivity contribution in [1.82, 2.24) is 0 Å². The third kappa shape index (κ3) is 20.8. The molecule has 2 aromatic rings. The predicted molar refractivity (Wildman–Crippen MR) is 136 cm³/mol. The van der Waals surface area contributed by atoms with Crippen LogP contribution in [0, 0.1) is 23.1 Å². The number of nitrogens with one attached hydrogen (secondary N) is 1. The van der Waals surface area contributed by atoms with Gasteiger partial charge in [0, 0.05) is 82.3 Å². The molecule has 7 heteroatoms. The van der Waals surface area contributed by atoms with Crippen molar-refractivity contribution in [3.05, 3.63) is 71.3 Å². The zero-order valence-corrected chi connectivity index (χ0v) is 23.2. The van der Waals surface area contributed by atoms with Crippen LogP contribution in [-0.2, 0) is 16.8 Å². The SMILES string of the molecule is C[PH+](C)C.C[PH+](C)C.C[PH+](C)C.N=C(c1[c-]cccc1)c1c(F)cccc1F.[Co]. The smallest absolute Gasteiger partial charge is 0.126 e. The molecular formula is C22H38CoF2NP3+2. The first-order chi connectivity index (χ1) is 12.9. The molecule has 0 aliphatic carbocycles. The molecule has 0 bridgehead atoms. The summed E-state index contributed by atoms with van der Waals surface area (Å²) in [5, 5.41) is 7.74. The first kappa shape index (κ1) is 33.4. The van der Waals surface area contributed by atoms with Crippen LogP contribution in [0.3, 0.4) is 0 Å². The number of hydrogen-bond acceptors (Lipinski definition) is 1. The Hall–Kier alpha value is -0.234. The van der Waals surface area contributed by atoms with Crippen LogP contribution in [-0.4, -0.2) is 65.7 Å². The second-order valence-electron chi connectivity index (χ2n) is 7.75. The van der Waals surface area contributed by atoms with E-state index >= 15 is 0 Å². The molecule has 167 valence electrons. The summed E-state index contributed by atoms with van der Waals surface area (Å²) in [4.78, 5) is 0. The molecule has 0 saturated heterocycles. The minimum absolute atomic E-state index is 0. The van der Waals surface area contributed by atoms with Gasteiger partial charge in [0.2, 0.25) is 0 Å². The summed E-state index contributed by atoms with van der Waals surface area (Å²) in [6.07, 6.45) is 0. The number of rotatable bonds is 2. The number of benzene rings is 2. The van der Waals surface area contributed by atoms with Crippen molar-refractivity contribution in [1.29, 1.82) is 5.41 Å². The molecule has 1 nitrogen and oxygen atoms in total. The summed E-state index contributed by atoms with van der Waals surface area (Å²) in [7, 11) is 0.361. The van der Waals surface area contributed by atoms with Gasteiger partial charge in [0.05, 0.1) is 0 Å². The van der Waals surface area contributed by atoms with Crippen LogP contribution in [0.4, 0.5) is 8.78 Å². The van der Waals surface area contributed by atoms with Gasteiger partial charge in [-0.3, -0.25) is 0 Å². The van der Waals surface area contributed by atoms with Crippen LogP contribution >= 0.6 is 23.8 Å². The largest absolute Gasteiger partial charge is 0.348 e. The van der Waals surface area contributed by atoms with Gasteiger partial charge in [0.1, 0.15) is 11.6 Å². The maximum absolute atomic E-state index is 13.4. The van der Waals surface area contributed by atoms with E-state index in [-0.39, 0.29) is 51.8 Å². The first-order valence-electron chi connectivity index (χ1n) is 9.20. The average Bonchev–Trinajstić information content (AvgIpc) is 2.54. The van der Waals surface area contributed by atoms with Crippen molar-refractivity contribution in [3.63, 3.8) is 0 Å². The fraction of sp³-hybridized carbons (Fsp3) is 0.409. The summed E-state index contributed by atoms with van der Waals surface area (Å²) >= 11 is 0. The molecular weight excluding hydrogens is 468 g/mol. The van der Waals surface area contributed by atoms with Crippen LogP contribution in [0.25, 0.3) is 0 Å². The zero-order chi connectivity index (χ0) is 22.3. The normalized spacial score (nSPS) is 9.31. The Balaban J connectivity index is -0.000000434. The third-order valence-electron chi connectivity index (χ3n) is 2.19. The van der Waals surface area contributed by atoms with Gasteiger partial charge in [-0.25, -0.2) is 8.78 Å². The molecule has 2 rings (SSSR count). The Kier molecular flexibility index (Phi) is 22.7. The van der Waals surface area contributed by atoms with E-state index in [1.165, 1.54) is 6.07 Å². The molecule has 2 aromatic carbocycles. The van der Waals surface area contributed by atoms with Crippen molar-refractivity contribution >= 4 is 29.5 Å². The van der Waals surface area contributed by atoms with Gasteiger partial charge >= 0.3 is 0 Å². The molecule has 0 aromatic heterocycles. The van der Waals surface area contributed by atoms with Crippen molar-refractivity contribution in [3.8, 4) is 0 Å². The van der Waals surface area contributed by atoms with Crippen molar-refractivity contribution in [2.75, 3.05) is 60.0 Å². The van der Waals surface area contributed by atoms with Crippen LogP contribution in [0.1, 0.15) is 11.1 Å². The van der Waals surface area contributed by atoms with Gasteiger partial charge in [-0.05, 0) is 41.6 Å². The van der Waals surface area contributed by atoms with Gasteiger partial charge in [-0.15, -0.1) is 35.9 Å². The monoisotopic (exact) mass is 506 g/mol. The fourth-order valence-corrected chi connectivity index (χ4v) is 1.42. The maximum atomic E-state index is 13.4. The van der Waals surface area contributed by atoms with Gasteiger partial charge in [0.15, 0.2) is 0 Å². The summed E-state index contributed by atoms with van der Waals surface area (Å²) in [5.41, 5.74) is -0.146. The Labute approximate surface area is 191 Å². The molecule has 0 saturated carbocycles. The predicted octanol–water partition coefficient (Wildman–Crippen LogP) is 6.45. The summed E-state index contributed by atoms with van der Waals surface area (Å²) in [6, 6.07) is 12.9. The van der Waals surface area contributed by atoms with Crippen molar-refractivity contribution < 1.29 is 25.6 Å². The Morgan fingerprint density at radius 3 is 1.41 bits per heavy atom. The molecule has 0 heterocycles. The molecule has 0 amide bonds. The summed E-state index contributed by atoms with van der Waals surface area (Å²) < 4.78 is 26.8. The van der Waals surface area contributed by atoms with Gasteiger partial charge in [-0.2, -0.15) is 0 Å². The summed E-state index contributed by atoms with van der Waals surface area (Å²) in [6.45, 7) is 20.4. The standard InChI is InChI=1S/C13H8F2N.3C3H9P.Co/c14-10-7-4-8-11(15)12(10)13(16)9-5-2-1-3-6-9;3*1-4(2)3;/h1-5,7-8,16H;3*1-3H3;/q-1;;;;/p+3. The molecule has 0 fully saturated rings. The fourth-order valence-electron chi connectivity index (χ4n) is 1.42. The minimum atomic E-state index is -0.734. The first-order valence-corrected chi connectivity index (χ1v) is 18.2. The minimum Gasteiger partial charge on any atom is -0.348 e. The van der Waals surface area contributed by atoms with Crippen LogP contribution in [0.2, 0.25) is 0 Å². The summed E-state index contributed by atoms with van der Waals surface area (Å²) in [5.74, 6) is -1.47. The van der Waals surface area contributed by atoms with Gasteiger partial charge < -0.3 is 5.41 Å². The van der Waals surface area contributed by atoms with E-state index in [1.807, 2.05) is 0 Å². The topological polar surface area (TPSA) is 23.9 Å². The third-order valence-corrected chi connectivity index (χ3v) is 2.19. The molecule has 0 unspecified atom stereocenters. The van der Waals surface area contributed by atoms with Crippen LogP contribution < -0.4 is 0 Å². The van der Waals surface area contributed by atoms with Gasteiger partial charge in [-0.1, -0.05) is 6.07 Å². The van der Waals surface area contributed by atoms with Crippen LogP contribution in [0.5, 0.6) is 0 Å². The van der Waals surface area contributed by atoms with E-state index in [1.54, 1.807) is 24.3 Å². The molecule has 0 spiro atoms. The quantitative estimate of drug-likeness (QED) is 0.275. The van der Waals surface area contributed by atoms with E-state index < -0.39 is 11.6 Å². The number of halogens is 2. The van der Waals surface area contributed by atoms with E-state index in [9.17, 15) is 8.78 Å². The van der Waals surface area contributed by atoms with Crippen LogP contribution in [0.15, 0.2) is 42.5 Å². The maximum Gasteiger partial charge on any atom is 0.126 e. The molecule has 1 radical (unpaired) electrons. The molecule has 0 aliphatic rings. The second-order valence-corrected chi connectivity index (χ2v) is 16.7. The molecule has 0 aliphatic heterocycles. The Bertz CT molecular complexity index is 624. The Morgan fingerprint density at radius 1 is 0.724 bits per heavy atom. The van der Waals surface area contributed by atoms with Crippen molar-refractivity contribution in [2.45, 2.75) is 0 Å². The Morgan fingerprint density at radius 2 is 1.10 bits per heavy atom. The van der Waals surface area contributed by atoms with E-state index in [4.69, 9.17) is 5.41 Å². The molecule has 1 N–H and O–H groups in total. The van der Waals surface area contributed by atoms with Gasteiger partial charge in [0.25, 0.3) is 0 Å². The van der Waals surface area contributed by atoms with E-state index in [0.717, 1.165) is 12.1 Å². The van der Waals surface area contributed by atoms with Crippen molar-refractivity contribution in [2.24, 2.45) is 0 Å². The zero-order valence-electron chi connectivity index (χ0n) is 19.1.